The first kappa shape index (κ1) is 15.3. The van der Waals surface area contributed by atoms with E-state index in [2.05, 4.69) is 15.9 Å². The molecule has 1 heterocycles. The molecule has 1 aromatic rings. The third-order valence-corrected chi connectivity index (χ3v) is 6.72. The molecule has 0 amide bonds. The van der Waals surface area contributed by atoms with Crippen molar-refractivity contribution in [2.24, 2.45) is 5.73 Å². The van der Waals surface area contributed by atoms with Gasteiger partial charge in [0.1, 0.15) is 5.78 Å². The zero-order chi connectivity index (χ0) is 13.1. The van der Waals surface area contributed by atoms with Crippen LogP contribution in [0.15, 0.2) is 9.85 Å². The Morgan fingerprint density at radius 2 is 2.00 bits per heavy atom. The van der Waals surface area contributed by atoms with Gasteiger partial charge in [-0.05, 0) is 48.3 Å². The molecule has 1 atom stereocenters. The molecular formula is C10H17BrNO3PS. The Labute approximate surface area is 114 Å². The number of halogens is 1. The molecule has 98 valence electrons. The average Bonchev–Trinajstić information content (AvgIpc) is 2.59. The average molecular weight is 342 g/mol. The SMILES string of the molecule is CCOP(=O)(OCC)[C@H](N)c1cc(C)c(Br)s1. The quantitative estimate of drug-likeness (QED) is 0.793. The van der Waals surface area contributed by atoms with Gasteiger partial charge in [0.25, 0.3) is 0 Å². The highest BCUT2D eigenvalue weighted by molar-refractivity contribution is 9.11. The van der Waals surface area contributed by atoms with Gasteiger partial charge in [0.05, 0.1) is 17.0 Å². The minimum Gasteiger partial charge on any atom is -0.313 e. The predicted molar refractivity (Wildman–Crippen MR) is 74.5 cm³/mol. The van der Waals surface area contributed by atoms with E-state index in [1.165, 1.54) is 11.3 Å². The van der Waals surface area contributed by atoms with Gasteiger partial charge in [-0.1, -0.05) is 0 Å². The molecule has 0 saturated carbocycles. The van der Waals surface area contributed by atoms with Crippen LogP contribution < -0.4 is 5.73 Å². The minimum absolute atomic E-state index is 0.316. The van der Waals surface area contributed by atoms with Crippen LogP contribution in [0.5, 0.6) is 0 Å². The second kappa shape index (κ2) is 6.45. The van der Waals surface area contributed by atoms with Crippen molar-refractivity contribution in [3.8, 4) is 0 Å². The molecule has 1 aromatic heterocycles. The fraction of sp³-hybridized carbons (Fsp3) is 0.600. The standard InChI is InChI=1S/C10H17BrNO3PS/c1-4-14-16(13,15-5-2)10(12)8-6-7(3)9(11)17-8/h6,10H,4-5,12H2,1-3H3/t10-/m0/s1. The Hall–Kier alpha value is 0.290. The lowest BCUT2D eigenvalue weighted by atomic mass is 10.3. The molecule has 0 saturated heterocycles. The molecule has 0 radical (unpaired) electrons. The summed E-state index contributed by atoms with van der Waals surface area (Å²) >= 11 is 4.88. The topological polar surface area (TPSA) is 61.5 Å². The number of aryl methyl sites for hydroxylation is 1. The largest absolute Gasteiger partial charge is 0.352 e. The zero-order valence-electron chi connectivity index (χ0n) is 10.1. The van der Waals surface area contributed by atoms with Gasteiger partial charge < -0.3 is 14.8 Å². The molecule has 0 aliphatic carbocycles. The molecule has 7 heteroatoms. The maximum atomic E-state index is 12.5. The van der Waals surface area contributed by atoms with E-state index < -0.39 is 13.4 Å². The van der Waals surface area contributed by atoms with Crippen molar-refractivity contribution in [1.82, 2.24) is 0 Å². The van der Waals surface area contributed by atoms with E-state index in [0.717, 1.165) is 14.2 Å². The van der Waals surface area contributed by atoms with E-state index in [1.54, 1.807) is 13.8 Å². The van der Waals surface area contributed by atoms with Crippen LogP contribution in [0.3, 0.4) is 0 Å². The van der Waals surface area contributed by atoms with Gasteiger partial charge >= 0.3 is 7.60 Å². The van der Waals surface area contributed by atoms with Crippen LogP contribution in [-0.2, 0) is 13.6 Å². The second-order valence-corrected chi connectivity index (χ2v) is 7.98. The van der Waals surface area contributed by atoms with Gasteiger partial charge in [-0.3, -0.25) is 4.57 Å². The summed E-state index contributed by atoms with van der Waals surface area (Å²) in [7, 11) is -3.27. The summed E-state index contributed by atoms with van der Waals surface area (Å²) in [6, 6.07) is 1.91. The van der Waals surface area contributed by atoms with Gasteiger partial charge in [0, 0.05) is 4.88 Å². The summed E-state index contributed by atoms with van der Waals surface area (Å²) in [6.45, 7) is 6.14. The van der Waals surface area contributed by atoms with Crippen molar-refractivity contribution in [3.63, 3.8) is 0 Å². The second-order valence-electron chi connectivity index (χ2n) is 3.43. The first-order chi connectivity index (χ1) is 7.94. The van der Waals surface area contributed by atoms with E-state index in [1.807, 2.05) is 13.0 Å². The predicted octanol–water partition coefficient (Wildman–Crippen LogP) is 4.04. The van der Waals surface area contributed by atoms with Crippen LogP contribution in [0.25, 0.3) is 0 Å². The lowest BCUT2D eigenvalue weighted by molar-refractivity contribution is 0.212. The lowest BCUT2D eigenvalue weighted by Crippen LogP contribution is -2.13. The van der Waals surface area contributed by atoms with Gasteiger partial charge in [0.2, 0.25) is 0 Å². The van der Waals surface area contributed by atoms with E-state index in [9.17, 15) is 4.57 Å². The van der Waals surface area contributed by atoms with Gasteiger partial charge in [0.15, 0.2) is 0 Å². The van der Waals surface area contributed by atoms with Crippen LogP contribution in [0.2, 0.25) is 0 Å². The highest BCUT2D eigenvalue weighted by Gasteiger charge is 2.35. The monoisotopic (exact) mass is 341 g/mol. The minimum atomic E-state index is -3.27. The summed E-state index contributed by atoms with van der Waals surface area (Å²) in [6.07, 6.45) is 0. The molecular weight excluding hydrogens is 325 g/mol. The number of nitrogens with two attached hydrogens (primary N) is 1. The lowest BCUT2D eigenvalue weighted by Gasteiger charge is -2.22. The zero-order valence-corrected chi connectivity index (χ0v) is 13.4. The summed E-state index contributed by atoms with van der Waals surface area (Å²) in [4.78, 5) is 0.805. The molecule has 0 aliphatic rings. The van der Waals surface area contributed by atoms with Crippen molar-refractivity contribution >= 4 is 34.9 Å². The van der Waals surface area contributed by atoms with E-state index in [-0.39, 0.29) is 0 Å². The van der Waals surface area contributed by atoms with Crippen molar-refractivity contribution in [3.05, 3.63) is 20.3 Å². The van der Waals surface area contributed by atoms with E-state index in [4.69, 9.17) is 14.8 Å². The van der Waals surface area contributed by atoms with Crippen molar-refractivity contribution in [2.75, 3.05) is 13.2 Å². The van der Waals surface area contributed by atoms with Gasteiger partial charge in [-0.2, -0.15) is 0 Å². The maximum Gasteiger partial charge on any atom is 0.352 e. The van der Waals surface area contributed by atoms with Crippen LogP contribution in [0, 0.1) is 6.92 Å². The Morgan fingerprint density at radius 1 is 1.47 bits per heavy atom. The molecule has 0 spiro atoms. The van der Waals surface area contributed by atoms with Crippen LogP contribution >= 0.6 is 34.9 Å². The maximum absolute atomic E-state index is 12.5. The number of hydrogen-bond donors (Lipinski definition) is 1. The molecule has 0 bridgehead atoms. The molecule has 0 fully saturated rings. The summed E-state index contributed by atoms with van der Waals surface area (Å²) in [5.41, 5.74) is 7.07. The number of hydrogen-bond acceptors (Lipinski definition) is 5. The molecule has 17 heavy (non-hydrogen) atoms. The summed E-state index contributed by atoms with van der Waals surface area (Å²) in [5.74, 6) is -0.725. The van der Waals surface area contributed by atoms with Crippen molar-refractivity contribution in [2.45, 2.75) is 26.6 Å². The Kier molecular flexibility index (Phi) is 5.83. The van der Waals surface area contributed by atoms with E-state index in [0.29, 0.717) is 13.2 Å². The first-order valence-corrected chi connectivity index (χ1v) is 8.57. The van der Waals surface area contributed by atoms with Crippen molar-refractivity contribution < 1.29 is 13.6 Å². The fourth-order valence-corrected chi connectivity index (χ4v) is 4.85. The molecule has 0 unspecified atom stereocenters. The van der Waals surface area contributed by atoms with Crippen LogP contribution in [0.1, 0.15) is 30.1 Å². The third kappa shape index (κ3) is 3.63. The summed E-state index contributed by atoms with van der Waals surface area (Å²) in [5, 5.41) is 0. The smallest absolute Gasteiger partial charge is 0.313 e. The fourth-order valence-electron chi connectivity index (χ4n) is 1.34. The highest BCUT2D eigenvalue weighted by atomic mass is 79.9. The van der Waals surface area contributed by atoms with Crippen LogP contribution in [0.4, 0.5) is 0 Å². The Balaban J connectivity index is 2.99. The molecule has 0 aromatic carbocycles. The molecule has 2 N–H and O–H groups in total. The number of rotatable bonds is 6. The van der Waals surface area contributed by atoms with Crippen molar-refractivity contribution in [1.29, 1.82) is 0 Å². The normalized spacial score (nSPS) is 13.9. The third-order valence-electron chi connectivity index (χ3n) is 2.13. The first-order valence-electron chi connectivity index (χ1n) is 5.34. The summed E-state index contributed by atoms with van der Waals surface area (Å²) < 4.78 is 23.9. The van der Waals surface area contributed by atoms with Gasteiger partial charge in [-0.25, -0.2) is 0 Å². The Morgan fingerprint density at radius 3 is 2.35 bits per heavy atom. The van der Waals surface area contributed by atoms with Gasteiger partial charge in [-0.15, -0.1) is 11.3 Å². The number of thiophene rings is 1. The Bertz CT molecular complexity index is 394. The van der Waals surface area contributed by atoms with E-state index >= 15 is 0 Å². The molecule has 4 nitrogen and oxygen atoms in total. The molecule has 0 aliphatic heterocycles. The molecule has 1 rings (SSSR count). The highest BCUT2D eigenvalue weighted by Crippen LogP contribution is 2.59. The van der Waals surface area contributed by atoms with Crippen LogP contribution in [-0.4, -0.2) is 13.2 Å².